The van der Waals surface area contributed by atoms with E-state index in [1.807, 2.05) is 23.1 Å². The number of benzene rings is 1. The van der Waals surface area contributed by atoms with Crippen molar-refractivity contribution in [2.45, 2.75) is 25.3 Å². The molecule has 1 fully saturated rings. The van der Waals surface area contributed by atoms with Crippen LogP contribution in [0.1, 0.15) is 29.9 Å². The van der Waals surface area contributed by atoms with Gasteiger partial charge < -0.3 is 10.2 Å². The summed E-state index contributed by atoms with van der Waals surface area (Å²) < 4.78 is 0. The molecular formula is C14H17ClN2O. The first kappa shape index (κ1) is 12.0. The van der Waals surface area contributed by atoms with Crippen LogP contribution in [0.2, 0.25) is 5.02 Å². The molecule has 2 aliphatic heterocycles. The van der Waals surface area contributed by atoms with Crippen LogP contribution in [-0.4, -0.2) is 30.4 Å². The Balaban J connectivity index is 1.88. The summed E-state index contributed by atoms with van der Waals surface area (Å²) in [5, 5.41) is 4.06. The first-order valence-electron chi connectivity index (χ1n) is 6.53. The van der Waals surface area contributed by atoms with Crippen molar-refractivity contribution < 1.29 is 4.79 Å². The Morgan fingerprint density at radius 2 is 2.11 bits per heavy atom. The van der Waals surface area contributed by atoms with Crippen molar-refractivity contribution in [2.24, 2.45) is 0 Å². The van der Waals surface area contributed by atoms with Crippen LogP contribution < -0.4 is 5.32 Å². The standard InChI is InChI=1S/C14H17ClN2O/c15-11-3-4-12-10(7-11)8-16-9-13(12)14(18)17-5-1-2-6-17/h3-4,7,13,16H,1-2,5-6,8-9H2. The Labute approximate surface area is 112 Å². The summed E-state index contributed by atoms with van der Waals surface area (Å²) in [6, 6.07) is 5.86. The lowest BCUT2D eigenvalue weighted by atomic mass is 9.90. The molecule has 0 saturated carbocycles. The maximum Gasteiger partial charge on any atom is 0.231 e. The molecule has 0 radical (unpaired) electrons. The molecule has 18 heavy (non-hydrogen) atoms. The Morgan fingerprint density at radius 1 is 1.33 bits per heavy atom. The molecule has 0 aromatic heterocycles. The molecule has 0 spiro atoms. The van der Waals surface area contributed by atoms with E-state index in [1.54, 1.807) is 0 Å². The van der Waals surface area contributed by atoms with E-state index in [1.165, 1.54) is 0 Å². The third-order valence-corrected chi connectivity index (χ3v) is 4.10. The molecule has 2 heterocycles. The van der Waals surface area contributed by atoms with Crippen molar-refractivity contribution in [1.82, 2.24) is 10.2 Å². The molecule has 96 valence electrons. The van der Waals surface area contributed by atoms with Crippen LogP contribution in [0.25, 0.3) is 0 Å². The Hall–Kier alpha value is -1.06. The van der Waals surface area contributed by atoms with Crippen molar-refractivity contribution in [3.63, 3.8) is 0 Å². The van der Waals surface area contributed by atoms with Gasteiger partial charge in [0.1, 0.15) is 0 Å². The molecule has 1 saturated heterocycles. The zero-order valence-electron chi connectivity index (χ0n) is 10.3. The van der Waals surface area contributed by atoms with Gasteiger partial charge in [0.05, 0.1) is 5.92 Å². The number of carbonyl (C=O) groups is 1. The number of nitrogens with one attached hydrogen (secondary N) is 1. The number of likely N-dealkylation sites (tertiary alicyclic amines) is 1. The number of nitrogens with zero attached hydrogens (tertiary/aromatic N) is 1. The fourth-order valence-corrected chi connectivity index (χ4v) is 3.10. The SMILES string of the molecule is O=C(C1CNCc2cc(Cl)ccc21)N1CCCC1. The average molecular weight is 265 g/mol. The van der Waals surface area contributed by atoms with Crippen LogP contribution in [0.15, 0.2) is 18.2 Å². The fourth-order valence-electron chi connectivity index (χ4n) is 2.91. The maximum atomic E-state index is 12.5. The second-order valence-electron chi connectivity index (χ2n) is 5.06. The van der Waals surface area contributed by atoms with E-state index in [0.29, 0.717) is 0 Å². The molecule has 1 amide bonds. The predicted octanol–water partition coefficient (Wildman–Crippen LogP) is 2.15. The lowest BCUT2D eigenvalue weighted by Crippen LogP contribution is -2.40. The van der Waals surface area contributed by atoms with Crippen molar-refractivity contribution in [3.8, 4) is 0 Å². The van der Waals surface area contributed by atoms with Crippen molar-refractivity contribution in [2.75, 3.05) is 19.6 Å². The number of amides is 1. The minimum atomic E-state index is -0.0379. The van der Waals surface area contributed by atoms with Crippen molar-refractivity contribution in [1.29, 1.82) is 0 Å². The lowest BCUT2D eigenvalue weighted by Gasteiger charge is -2.29. The molecule has 0 aliphatic carbocycles. The van der Waals surface area contributed by atoms with Crippen LogP contribution >= 0.6 is 11.6 Å². The largest absolute Gasteiger partial charge is 0.342 e. The van der Waals surface area contributed by atoms with E-state index in [4.69, 9.17) is 11.6 Å². The molecule has 0 bridgehead atoms. The van der Waals surface area contributed by atoms with E-state index < -0.39 is 0 Å². The van der Waals surface area contributed by atoms with Gasteiger partial charge in [-0.15, -0.1) is 0 Å². The monoisotopic (exact) mass is 264 g/mol. The average Bonchev–Trinajstić information content (AvgIpc) is 2.90. The zero-order chi connectivity index (χ0) is 12.5. The normalized spacial score (nSPS) is 22.9. The quantitative estimate of drug-likeness (QED) is 0.843. The molecule has 1 aromatic carbocycles. The maximum absolute atomic E-state index is 12.5. The summed E-state index contributed by atoms with van der Waals surface area (Å²) in [5.74, 6) is 0.229. The fraction of sp³-hybridized carbons (Fsp3) is 0.500. The summed E-state index contributed by atoms with van der Waals surface area (Å²) >= 11 is 6.01. The summed E-state index contributed by atoms with van der Waals surface area (Å²) in [4.78, 5) is 14.5. The van der Waals surface area contributed by atoms with Gasteiger partial charge in [-0.25, -0.2) is 0 Å². The molecule has 2 aliphatic rings. The van der Waals surface area contributed by atoms with Gasteiger partial charge in [-0.1, -0.05) is 17.7 Å². The molecule has 4 heteroatoms. The van der Waals surface area contributed by atoms with Crippen LogP contribution in [0.4, 0.5) is 0 Å². The lowest BCUT2D eigenvalue weighted by molar-refractivity contribution is -0.131. The first-order valence-corrected chi connectivity index (χ1v) is 6.91. The van der Waals surface area contributed by atoms with E-state index >= 15 is 0 Å². The minimum Gasteiger partial charge on any atom is -0.342 e. The smallest absolute Gasteiger partial charge is 0.231 e. The molecular weight excluding hydrogens is 248 g/mol. The number of halogens is 1. The van der Waals surface area contributed by atoms with Crippen LogP contribution in [-0.2, 0) is 11.3 Å². The van der Waals surface area contributed by atoms with Gasteiger partial charge in [0.25, 0.3) is 0 Å². The number of carbonyl (C=O) groups excluding carboxylic acids is 1. The molecule has 3 nitrogen and oxygen atoms in total. The summed E-state index contributed by atoms with van der Waals surface area (Å²) in [6.45, 7) is 3.38. The predicted molar refractivity (Wildman–Crippen MR) is 71.7 cm³/mol. The van der Waals surface area contributed by atoms with Crippen LogP contribution in [0, 0.1) is 0 Å². The number of hydrogen-bond acceptors (Lipinski definition) is 2. The third-order valence-electron chi connectivity index (χ3n) is 3.86. The highest BCUT2D eigenvalue weighted by Gasteiger charge is 2.31. The number of rotatable bonds is 1. The number of fused-ring (bicyclic) bond motifs is 1. The summed E-state index contributed by atoms with van der Waals surface area (Å²) in [6.07, 6.45) is 2.28. The second-order valence-corrected chi connectivity index (χ2v) is 5.50. The second kappa shape index (κ2) is 4.90. The number of hydrogen-bond donors (Lipinski definition) is 1. The van der Waals surface area contributed by atoms with E-state index in [0.717, 1.165) is 55.2 Å². The Morgan fingerprint density at radius 3 is 2.89 bits per heavy atom. The van der Waals surface area contributed by atoms with Crippen molar-refractivity contribution >= 4 is 17.5 Å². The van der Waals surface area contributed by atoms with Gasteiger partial charge in [0.15, 0.2) is 0 Å². The van der Waals surface area contributed by atoms with E-state index in [2.05, 4.69) is 5.32 Å². The van der Waals surface area contributed by atoms with Crippen LogP contribution in [0.3, 0.4) is 0 Å². The third kappa shape index (κ3) is 2.13. The van der Waals surface area contributed by atoms with Crippen molar-refractivity contribution in [3.05, 3.63) is 34.3 Å². The van der Waals surface area contributed by atoms with Gasteiger partial charge in [-0.05, 0) is 36.1 Å². The van der Waals surface area contributed by atoms with Gasteiger partial charge in [-0.2, -0.15) is 0 Å². The molecule has 3 rings (SSSR count). The minimum absolute atomic E-state index is 0.0379. The topological polar surface area (TPSA) is 32.3 Å². The van der Waals surface area contributed by atoms with Gasteiger partial charge in [-0.3, -0.25) is 4.79 Å². The summed E-state index contributed by atoms with van der Waals surface area (Å²) in [7, 11) is 0. The molecule has 1 atom stereocenters. The Bertz CT molecular complexity index is 469. The molecule has 1 N–H and O–H groups in total. The van der Waals surface area contributed by atoms with Gasteiger partial charge in [0.2, 0.25) is 5.91 Å². The highest BCUT2D eigenvalue weighted by Crippen LogP contribution is 2.29. The van der Waals surface area contributed by atoms with Gasteiger partial charge in [0, 0.05) is 31.2 Å². The molecule has 1 unspecified atom stereocenters. The van der Waals surface area contributed by atoms with Gasteiger partial charge >= 0.3 is 0 Å². The molecule has 1 aromatic rings. The summed E-state index contributed by atoms with van der Waals surface area (Å²) in [5.41, 5.74) is 2.31. The Kier molecular flexibility index (Phi) is 3.27. The van der Waals surface area contributed by atoms with Crippen LogP contribution in [0.5, 0.6) is 0 Å². The van der Waals surface area contributed by atoms with E-state index in [9.17, 15) is 4.79 Å². The highest BCUT2D eigenvalue weighted by molar-refractivity contribution is 6.30. The van der Waals surface area contributed by atoms with E-state index in [-0.39, 0.29) is 11.8 Å². The highest BCUT2D eigenvalue weighted by atomic mass is 35.5. The first-order chi connectivity index (χ1) is 8.75. The zero-order valence-corrected chi connectivity index (χ0v) is 11.0.